The van der Waals surface area contributed by atoms with Crippen LogP contribution in [-0.4, -0.2) is 35.6 Å². The van der Waals surface area contributed by atoms with Gasteiger partial charge in [-0.25, -0.2) is 0 Å². The van der Waals surface area contributed by atoms with Gasteiger partial charge in [-0.1, -0.05) is 28.9 Å². The van der Waals surface area contributed by atoms with Crippen molar-refractivity contribution >= 4 is 29.1 Å². The smallest absolute Gasteiger partial charge is 0.233 e. The maximum absolute atomic E-state index is 12.5. The van der Waals surface area contributed by atoms with Crippen LogP contribution in [0.25, 0.3) is 0 Å². The lowest BCUT2D eigenvalue weighted by Gasteiger charge is -2.29. The van der Waals surface area contributed by atoms with E-state index in [1.54, 1.807) is 7.05 Å². The molecule has 5 rings (SSSR count). The molecule has 3 fully saturated rings. The number of likely N-dealkylation sites (tertiary alicyclic amines) is 1. The van der Waals surface area contributed by atoms with Gasteiger partial charge in [0, 0.05) is 23.9 Å². The summed E-state index contributed by atoms with van der Waals surface area (Å²) in [4.78, 5) is 31.8. The minimum atomic E-state index is -0.210. The van der Waals surface area contributed by atoms with Crippen molar-refractivity contribution in [3.05, 3.63) is 34.9 Å². The number of amides is 2. The zero-order valence-corrected chi connectivity index (χ0v) is 13.2. The van der Waals surface area contributed by atoms with Gasteiger partial charge in [0.05, 0.1) is 17.5 Å². The third kappa shape index (κ3) is 1.56. The molecule has 118 valence electrons. The van der Waals surface area contributed by atoms with E-state index in [-0.39, 0.29) is 47.5 Å². The summed E-state index contributed by atoms with van der Waals surface area (Å²) in [6, 6.07) is 7.54. The number of oxime groups is 1. The molecule has 0 unspecified atom stereocenters. The monoisotopic (exact) mass is 330 g/mol. The van der Waals surface area contributed by atoms with Gasteiger partial charge < -0.3 is 4.84 Å². The molecule has 0 N–H and O–H groups in total. The number of halogens is 1. The van der Waals surface area contributed by atoms with Crippen molar-refractivity contribution in [2.75, 3.05) is 7.05 Å². The summed E-state index contributed by atoms with van der Waals surface area (Å²) in [6.45, 7) is 0. The maximum Gasteiger partial charge on any atom is 0.233 e. The second-order valence-corrected chi connectivity index (χ2v) is 7.37. The highest BCUT2D eigenvalue weighted by Crippen LogP contribution is 2.61. The molecule has 6 atom stereocenters. The molecule has 0 radical (unpaired) electrons. The number of fused-ring (bicyclic) bond motifs is 8. The molecule has 4 aliphatic rings. The van der Waals surface area contributed by atoms with Crippen LogP contribution in [0.3, 0.4) is 0 Å². The SMILES string of the molecule is CN1C(=O)[C@@H]2[C@@H]3C[C@@H]([C@H]4ON=C(c5ccc(Cl)cc5)[C@@H]34)[C@@H]2C1=O. The number of rotatable bonds is 1. The first-order valence-electron chi connectivity index (χ1n) is 7.89. The number of imide groups is 1. The minimum Gasteiger partial charge on any atom is -0.391 e. The fourth-order valence-electron chi connectivity index (χ4n) is 5.13. The van der Waals surface area contributed by atoms with Crippen molar-refractivity contribution in [1.29, 1.82) is 0 Å². The predicted octanol–water partition coefficient (Wildman–Crippen LogP) is 1.94. The van der Waals surface area contributed by atoms with Gasteiger partial charge in [0.25, 0.3) is 0 Å². The van der Waals surface area contributed by atoms with Crippen molar-refractivity contribution in [2.24, 2.45) is 34.7 Å². The van der Waals surface area contributed by atoms with E-state index in [0.717, 1.165) is 17.7 Å². The molecule has 2 heterocycles. The molecule has 5 nitrogen and oxygen atoms in total. The maximum atomic E-state index is 12.5. The zero-order valence-electron chi connectivity index (χ0n) is 12.5. The lowest BCUT2D eigenvalue weighted by molar-refractivity contribution is -0.139. The Hall–Kier alpha value is -1.88. The van der Waals surface area contributed by atoms with E-state index < -0.39 is 0 Å². The first kappa shape index (κ1) is 13.5. The van der Waals surface area contributed by atoms with Crippen molar-refractivity contribution in [2.45, 2.75) is 12.5 Å². The standard InChI is InChI=1S/C17H15ClN2O3/c1-20-16(21)11-9-6-10(12(11)17(20)22)15-13(9)14(19-23-15)7-2-4-8(18)5-3-7/h2-5,9-13,15H,6H2,1H3/t9-,10+,11+,12-,13+,15+/m0/s1. The number of hydrogen-bond acceptors (Lipinski definition) is 4. The van der Waals surface area contributed by atoms with Crippen LogP contribution in [0, 0.1) is 29.6 Å². The highest BCUT2D eigenvalue weighted by molar-refractivity contribution is 6.30. The quantitative estimate of drug-likeness (QED) is 0.739. The number of benzene rings is 1. The highest BCUT2D eigenvalue weighted by atomic mass is 35.5. The van der Waals surface area contributed by atoms with Gasteiger partial charge in [-0.3, -0.25) is 14.5 Å². The van der Waals surface area contributed by atoms with Gasteiger partial charge in [-0.05, 0) is 30.0 Å². The normalized spacial score (nSPS) is 40.3. The van der Waals surface area contributed by atoms with Crippen LogP contribution in [0.4, 0.5) is 0 Å². The average Bonchev–Trinajstić information content (AvgIpc) is 3.26. The van der Waals surface area contributed by atoms with E-state index in [9.17, 15) is 9.59 Å². The molecule has 1 aromatic rings. The van der Waals surface area contributed by atoms with Gasteiger partial charge in [0.1, 0.15) is 6.10 Å². The van der Waals surface area contributed by atoms with Crippen molar-refractivity contribution in [3.63, 3.8) is 0 Å². The van der Waals surface area contributed by atoms with Gasteiger partial charge in [0.15, 0.2) is 0 Å². The summed E-state index contributed by atoms with van der Waals surface area (Å²) >= 11 is 5.96. The van der Waals surface area contributed by atoms with Gasteiger partial charge in [-0.15, -0.1) is 0 Å². The average molecular weight is 331 g/mol. The summed E-state index contributed by atoms with van der Waals surface area (Å²) in [7, 11) is 1.59. The fraction of sp³-hybridized carbons (Fsp3) is 0.471. The number of carbonyl (C=O) groups excluding carboxylic acids is 2. The Bertz CT molecular complexity index is 760. The number of nitrogens with zero attached hydrogens (tertiary/aromatic N) is 2. The number of carbonyl (C=O) groups is 2. The third-order valence-corrected chi connectivity index (χ3v) is 6.30. The third-order valence-electron chi connectivity index (χ3n) is 6.05. The van der Waals surface area contributed by atoms with E-state index in [0.29, 0.717) is 5.02 Å². The molecule has 0 aromatic heterocycles. The summed E-state index contributed by atoms with van der Waals surface area (Å²) in [5.41, 5.74) is 1.88. The number of hydrogen-bond donors (Lipinski definition) is 0. The van der Waals surface area contributed by atoms with E-state index in [2.05, 4.69) is 5.16 Å². The summed E-state index contributed by atoms with van der Waals surface area (Å²) in [5.74, 6) is -0.136. The molecule has 2 bridgehead atoms. The Morgan fingerprint density at radius 3 is 2.43 bits per heavy atom. The first-order valence-corrected chi connectivity index (χ1v) is 8.27. The zero-order chi connectivity index (χ0) is 15.9. The second-order valence-electron chi connectivity index (χ2n) is 6.93. The molecule has 2 aliphatic heterocycles. The summed E-state index contributed by atoms with van der Waals surface area (Å²) < 4.78 is 0. The van der Waals surface area contributed by atoms with Crippen molar-refractivity contribution < 1.29 is 14.4 Å². The Labute approximate surface area is 138 Å². The van der Waals surface area contributed by atoms with Crippen LogP contribution >= 0.6 is 11.6 Å². The predicted molar refractivity (Wildman–Crippen MR) is 82.7 cm³/mol. The molecule has 6 heteroatoms. The Morgan fingerprint density at radius 2 is 1.74 bits per heavy atom. The molecule has 2 aliphatic carbocycles. The van der Waals surface area contributed by atoms with E-state index in [4.69, 9.17) is 16.4 Å². The molecule has 2 saturated carbocycles. The van der Waals surface area contributed by atoms with Crippen LogP contribution in [0.15, 0.2) is 29.4 Å². The van der Waals surface area contributed by atoms with E-state index in [1.807, 2.05) is 24.3 Å². The molecular formula is C17H15ClN2O3. The topological polar surface area (TPSA) is 59.0 Å². The summed E-state index contributed by atoms with van der Waals surface area (Å²) in [6.07, 6.45) is 0.804. The van der Waals surface area contributed by atoms with Crippen LogP contribution in [0.5, 0.6) is 0 Å². The van der Waals surface area contributed by atoms with Crippen LogP contribution < -0.4 is 0 Å². The van der Waals surface area contributed by atoms with Gasteiger partial charge in [0.2, 0.25) is 11.8 Å². The fourth-order valence-corrected chi connectivity index (χ4v) is 5.26. The van der Waals surface area contributed by atoms with Crippen LogP contribution in [-0.2, 0) is 14.4 Å². The van der Waals surface area contributed by atoms with Gasteiger partial charge in [-0.2, -0.15) is 0 Å². The Balaban J connectivity index is 1.53. The van der Waals surface area contributed by atoms with Crippen molar-refractivity contribution in [3.8, 4) is 0 Å². The molecule has 1 aromatic carbocycles. The molecule has 23 heavy (non-hydrogen) atoms. The molecule has 0 spiro atoms. The van der Waals surface area contributed by atoms with Crippen molar-refractivity contribution in [1.82, 2.24) is 4.90 Å². The van der Waals surface area contributed by atoms with Crippen LogP contribution in [0.1, 0.15) is 12.0 Å². The molecular weight excluding hydrogens is 316 g/mol. The Morgan fingerprint density at radius 1 is 1.09 bits per heavy atom. The Kier molecular flexibility index (Phi) is 2.56. The summed E-state index contributed by atoms with van der Waals surface area (Å²) in [5, 5.41) is 4.97. The lowest BCUT2D eigenvalue weighted by atomic mass is 9.71. The second kappa shape index (κ2) is 4.35. The molecule has 1 saturated heterocycles. The van der Waals surface area contributed by atoms with E-state index in [1.165, 1.54) is 4.90 Å². The van der Waals surface area contributed by atoms with Gasteiger partial charge >= 0.3 is 0 Å². The minimum absolute atomic E-state index is 0.0340. The molecule has 2 amide bonds. The van der Waals surface area contributed by atoms with Crippen LogP contribution in [0.2, 0.25) is 5.02 Å². The highest BCUT2D eigenvalue weighted by Gasteiger charge is 2.69. The largest absolute Gasteiger partial charge is 0.391 e. The lowest BCUT2D eigenvalue weighted by Crippen LogP contribution is -2.41. The van der Waals surface area contributed by atoms with E-state index >= 15 is 0 Å². The first-order chi connectivity index (χ1) is 11.1.